The molecule has 1 fully saturated rings. The highest BCUT2D eigenvalue weighted by Crippen LogP contribution is 2.21. The van der Waals surface area contributed by atoms with Crippen LogP contribution < -0.4 is 16.0 Å². The van der Waals surface area contributed by atoms with Crippen molar-refractivity contribution in [3.63, 3.8) is 0 Å². The van der Waals surface area contributed by atoms with Gasteiger partial charge in [-0.25, -0.2) is 4.79 Å². The maximum Gasteiger partial charge on any atom is 0.320 e. The summed E-state index contributed by atoms with van der Waals surface area (Å²) in [6, 6.07) is 9.13. The predicted molar refractivity (Wildman–Crippen MR) is 129 cm³/mol. The van der Waals surface area contributed by atoms with E-state index in [1.54, 1.807) is 24.3 Å². The third-order valence-electron chi connectivity index (χ3n) is 5.07. The Labute approximate surface area is 195 Å². The number of allylic oxidation sites excluding steroid dienone is 3. The van der Waals surface area contributed by atoms with Crippen molar-refractivity contribution in [1.82, 2.24) is 15.6 Å². The highest BCUT2D eigenvalue weighted by molar-refractivity contribution is 7.10. The van der Waals surface area contributed by atoms with Gasteiger partial charge < -0.3 is 16.0 Å². The molecule has 2 heterocycles. The van der Waals surface area contributed by atoms with Gasteiger partial charge in [-0.1, -0.05) is 23.7 Å². The smallest absolute Gasteiger partial charge is 0.320 e. The molecular formula is C23H24ClN5O2S. The molecule has 2 aliphatic rings. The van der Waals surface area contributed by atoms with Crippen LogP contribution in [0, 0.1) is 0 Å². The van der Waals surface area contributed by atoms with Gasteiger partial charge in [0, 0.05) is 40.8 Å². The lowest BCUT2D eigenvalue weighted by Crippen LogP contribution is -2.41. The molecule has 3 amide bonds. The lowest BCUT2D eigenvalue weighted by molar-refractivity contribution is -0.122. The molecular weight excluding hydrogens is 446 g/mol. The van der Waals surface area contributed by atoms with Crippen LogP contribution in [0.5, 0.6) is 0 Å². The zero-order chi connectivity index (χ0) is 22.3. The van der Waals surface area contributed by atoms with Crippen LogP contribution in [0.15, 0.2) is 70.8 Å². The Bertz CT molecular complexity index is 1040. The summed E-state index contributed by atoms with van der Waals surface area (Å²) in [5.74, 6) is -0.311. The van der Waals surface area contributed by atoms with Crippen molar-refractivity contribution in [2.24, 2.45) is 5.10 Å². The molecule has 1 saturated heterocycles. The number of nitrogens with zero attached hydrogens (tertiary/aromatic N) is 2. The number of nitrogens with one attached hydrogen (secondary N) is 3. The second kappa shape index (κ2) is 10.5. The van der Waals surface area contributed by atoms with Crippen molar-refractivity contribution in [2.45, 2.75) is 25.3 Å². The standard InChI is InChI=1S/C23H24ClN5O2S/c24-16-5-7-18(8-6-16)26-23(31)27-21(20-4-3-15-32-20)22(30)25-17-9-11-19(12-10-17)28-29-13-1-2-14-29/h3-11,15,21H,1-2,12-14H2,(H,25,30)(H2,26,27,31). The fraction of sp³-hybridized carbons (Fsp3) is 0.261. The van der Waals surface area contributed by atoms with Crippen molar-refractivity contribution >= 4 is 46.3 Å². The van der Waals surface area contributed by atoms with Gasteiger partial charge in [-0.05, 0) is 60.7 Å². The van der Waals surface area contributed by atoms with Crippen LogP contribution in [0.4, 0.5) is 10.5 Å². The minimum atomic E-state index is -0.823. The molecule has 166 valence electrons. The largest absolute Gasteiger partial charge is 0.324 e. The van der Waals surface area contributed by atoms with Gasteiger partial charge in [0.05, 0.1) is 5.71 Å². The Balaban J connectivity index is 1.38. The molecule has 32 heavy (non-hydrogen) atoms. The molecule has 1 aromatic heterocycles. The molecule has 0 spiro atoms. The fourth-order valence-electron chi connectivity index (χ4n) is 3.45. The summed E-state index contributed by atoms with van der Waals surface area (Å²) >= 11 is 7.29. The molecule has 1 aromatic carbocycles. The van der Waals surface area contributed by atoms with E-state index >= 15 is 0 Å². The summed E-state index contributed by atoms with van der Waals surface area (Å²) in [5.41, 5.74) is 2.25. The molecule has 2 aromatic rings. The van der Waals surface area contributed by atoms with Gasteiger partial charge in [-0.3, -0.25) is 9.80 Å². The van der Waals surface area contributed by atoms with E-state index < -0.39 is 12.1 Å². The number of carbonyl (C=O) groups is 2. The Kier molecular flexibility index (Phi) is 7.24. The average Bonchev–Trinajstić information content (AvgIpc) is 3.49. The number of hydrogen-bond acceptors (Lipinski definition) is 5. The molecule has 1 aliphatic carbocycles. The maximum absolute atomic E-state index is 13.0. The van der Waals surface area contributed by atoms with Gasteiger partial charge in [0.25, 0.3) is 5.91 Å². The minimum Gasteiger partial charge on any atom is -0.324 e. The third-order valence-corrected chi connectivity index (χ3v) is 6.26. The summed E-state index contributed by atoms with van der Waals surface area (Å²) < 4.78 is 0. The normalized spacial score (nSPS) is 17.7. The van der Waals surface area contributed by atoms with Gasteiger partial charge in [0.1, 0.15) is 6.04 Å². The topological polar surface area (TPSA) is 85.8 Å². The highest BCUT2D eigenvalue weighted by Gasteiger charge is 2.24. The second-order valence-corrected chi connectivity index (χ2v) is 8.91. The van der Waals surface area contributed by atoms with E-state index in [4.69, 9.17) is 11.6 Å². The van der Waals surface area contributed by atoms with Crippen molar-refractivity contribution < 1.29 is 9.59 Å². The first-order chi connectivity index (χ1) is 15.6. The number of hydrogen-bond donors (Lipinski definition) is 3. The van der Waals surface area contributed by atoms with E-state index in [9.17, 15) is 9.59 Å². The van der Waals surface area contributed by atoms with E-state index in [2.05, 4.69) is 26.1 Å². The SMILES string of the molecule is O=C(Nc1ccc(Cl)cc1)NC(C(=O)NC1=CCC(=NN2CCCC2)C=C1)c1cccs1. The van der Waals surface area contributed by atoms with E-state index in [0.717, 1.165) is 23.7 Å². The van der Waals surface area contributed by atoms with Crippen LogP contribution in [0.1, 0.15) is 30.2 Å². The molecule has 1 aliphatic heterocycles. The molecule has 0 bridgehead atoms. The molecule has 0 radical (unpaired) electrons. The maximum atomic E-state index is 13.0. The Morgan fingerprint density at radius 2 is 1.84 bits per heavy atom. The second-order valence-electron chi connectivity index (χ2n) is 7.49. The van der Waals surface area contributed by atoms with Gasteiger partial charge in [0.15, 0.2) is 0 Å². The molecule has 1 atom stereocenters. The van der Waals surface area contributed by atoms with Crippen LogP contribution in [-0.4, -0.2) is 35.7 Å². The number of amides is 3. The third kappa shape index (κ3) is 5.99. The lowest BCUT2D eigenvalue weighted by Gasteiger charge is -2.19. The summed E-state index contributed by atoms with van der Waals surface area (Å²) in [7, 11) is 0. The number of urea groups is 1. The first-order valence-corrected chi connectivity index (χ1v) is 11.7. The number of hydrazone groups is 1. The van der Waals surface area contributed by atoms with Crippen molar-refractivity contribution in [3.05, 3.63) is 75.6 Å². The Hall–Kier alpha value is -3.10. The fourth-order valence-corrected chi connectivity index (χ4v) is 4.35. The zero-order valence-electron chi connectivity index (χ0n) is 17.4. The molecule has 9 heteroatoms. The lowest BCUT2D eigenvalue weighted by atomic mass is 10.1. The zero-order valence-corrected chi connectivity index (χ0v) is 19.0. The van der Waals surface area contributed by atoms with Crippen molar-refractivity contribution in [1.29, 1.82) is 0 Å². The number of rotatable bonds is 6. The number of anilines is 1. The number of carbonyl (C=O) groups excluding carboxylic acids is 2. The Morgan fingerprint density at radius 1 is 1.06 bits per heavy atom. The first kappa shape index (κ1) is 22.1. The molecule has 4 rings (SSSR count). The molecule has 0 saturated carbocycles. The van der Waals surface area contributed by atoms with E-state index in [-0.39, 0.29) is 5.91 Å². The summed E-state index contributed by atoms with van der Waals surface area (Å²) in [4.78, 5) is 26.3. The summed E-state index contributed by atoms with van der Waals surface area (Å²) in [5, 5.41) is 17.6. The van der Waals surface area contributed by atoms with Gasteiger partial charge in [-0.2, -0.15) is 5.10 Å². The number of benzene rings is 1. The Morgan fingerprint density at radius 3 is 2.50 bits per heavy atom. The van der Waals surface area contributed by atoms with Crippen LogP contribution in [0.3, 0.4) is 0 Å². The quantitative estimate of drug-likeness (QED) is 0.574. The highest BCUT2D eigenvalue weighted by atomic mass is 35.5. The van der Waals surface area contributed by atoms with E-state index in [1.165, 1.54) is 24.2 Å². The number of thiophene rings is 1. The van der Waals surface area contributed by atoms with Crippen molar-refractivity contribution in [3.8, 4) is 0 Å². The van der Waals surface area contributed by atoms with Crippen LogP contribution in [-0.2, 0) is 4.79 Å². The first-order valence-electron chi connectivity index (χ1n) is 10.4. The number of halogens is 1. The summed E-state index contributed by atoms with van der Waals surface area (Å²) in [6.45, 7) is 1.99. The van der Waals surface area contributed by atoms with Gasteiger partial charge in [0.2, 0.25) is 0 Å². The van der Waals surface area contributed by atoms with Gasteiger partial charge >= 0.3 is 6.03 Å². The van der Waals surface area contributed by atoms with E-state index in [0.29, 0.717) is 22.8 Å². The van der Waals surface area contributed by atoms with Crippen LogP contribution in [0.25, 0.3) is 0 Å². The van der Waals surface area contributed by atoms with Crippen molar-refractivity contribution in [2.75, 3.05) is 18.4 Å². The predicted octanol–water partition coefficient (Wildman–Crippen LogP) is 4.68. The van der Waals surface area contributed by atoms with Crippen LogP contribution in [0.2, 0.25) is 5.02 Å². The molecule has 1 unspecified atom stereocenters. The van der Waals surface area contributed by atoms with Crippen LogP contribution >= 0.6 is 22.9 Å². The molecule has 3 N–H and O–H groups in total. The average molecular weight is 470 g/mol. The van der Waals surface area contributed by atoms with E-state index in [1.807, 2.05) is 35.7 Å². The monoisotopic (exact) mass is 469 g/mol. The molecule has 7 nitrogen and oxygen atoms in total. The summed E-state index contributed by atoms with van der Waals surface area (Å²) in [6.07, 6.45) is 8.72. The minimum absolute atomic E-state index is 0.311. The van der Waals surface area contributed by atoms with Gasteiger partial charge in [-0.15, -0.1) is 11.3 Å².